The van der Waals surface area contributed by atoms with Crippen LogP contribution in [0.15, 0.2) is 0 Å². The molecule has 0 saturated carbocycles. The SMILES string of the molecule is CCOC(=O)C1CCCN1C(=O)CC1CCCO1. The van der Waals surface area contributed by atoms with E-state index in [4.69, 9.17) is 9.47 Å². The first-order valence-corrected chi connectivity index (χ1v) is 6.80. The Labute approximate surface area is 107 Å². The zero-order chi connectivity index (χ0) is 13.0. The van der Waals surface area contributed by atoms with E-state index in [1.807, 2.05) is 0 Å². The van der Waals surface area contributed by atoms with Gasteiger partial charge in [-0.2, -0.15) is 0 Å². The normalized spacial score (nSPS) is 27.5. The molecule has 2 aliphatic heterocycles. The van der Waals surface area contributed by atoms with Crippen molar-refractivity contribution in [2.75, 3.05) is 19.8 Å². The maximum absolute atomic E-state index is 12.2. The van der Waals surface area contributed by atoms with E-state index in [1.165, 1.54) is 0 Å². The molecule has 2 saturated heterocycles. The number of nitrogens with zero attached hydrogens (tertiary/aromatic N) is 1. The number of carbonyl (C=O) groups excluding carboxylic acids is 2. The predicted molar refractivity (Wildman–Crippen MR) is 65.0 cm³/mol. The molecule has 0 aliphatic carbocycles. The Morgan fingerprint density at radius 1 is 1.33 bits per heavy atom. The molecule has 102 valence electrons. The number of carbonyl (C=O) groups is 2. The summed E-state index contributed by atoms with van der Waals surface area (Å²) in [6.45, 7) is 3.56. The molecule has 0 radical (unpaired) electrons. The third-order valence-electron chi connectivity index (χ3n) is 3.56. The van der Waals surface area contributed by atoms with Crippen LogP contribution in [0.4, 0.5) is 0 Å². The van der Waals surface area contributed by atoms with Gasteiger partial charge in [-0.1, -0.05) is 0 Å². The second kappa shape index (κ2) is 6.18. The summed E-state index contributed by atoms with van der Waals surface area (Å²) in [4.78, 5) is 25.6. The van der Waals surface area contributed by atoms with E-state index >= 15 is 0 Å². The summed E-state index contributed by atoms with van der Waals surface area (Å²) >= 11 is 0. The second-order valence-electron chi connectivity index (χ2n) is 4.84. The van der Waals surface area contributed by atoms with E-state index < -0.39 is 0 Å². The largest absolute Gasteiger partial charge is 0.464 e. The van der Waals surface area contributed by atoms with Crippen molar-refractivity contribution in [1.29, 1.82) is 0 Å². The average molecular weight is 255 g/mol. The molecule has 0 spiro atoms. The Balaban J connectivity index is 1.89. The van der Waals surface area contributed by atoms with Crippen molar-refractivity contribution >= 4 is 11.9 Å². The Morgan fingerprint density at radius 3 is 2.83 bits per heavy atom. The van der Waals surface area contributed by atoms with E-state index in [2.05, 4.69) is 0 Å². The number of likely N-dealkylation sites (tertiary alicyclic amines) is 1. The van der Waals surface area contributed by atoms with Gasteiger partial charge in [0.1, 0.15) is 6.04 Å². The molecule has 2 atom stereocenters. The maximum Gasteiger partial charge on any atom is 0.328 e. The lowest BCUT2D eigenvalue weighted by Gasteiger charge is -2.24. The molecule has 2 rings (SSSR count). The van der Waals surface area contributed by atoms with Gasteiger partial charge in [-0.05, 0) is 32.6 Å². The molecule has 2 heterocycles. The number of ether oxygens (including phenoxy) is 2. The lowest BCUT2D eigenvalue weighted by molar-refractivity contribution is -0.153. The summed E-state index contributed by atoms with van der Waals surface area (Å²) in [6, 6.07) is -0.376. The lowest BCUT2D eigenvalue weighted by atomic mass is 10.1. The summed E-state index contributed by atoms with van der Waals surface area (Å²) in [5.74, 6) is -0.242. The molecule has 0 bridgehead atoms. The van der Waals surface area contributed by atoms with Crippen LogP contribution in [-0.2, 0) is 19.1 Å². The summed E-state index contributed by atoms with van der Waals surface area (Å²) in [6.07, 6.45) is 4.01. The predicted octanol–water partition coefficient (Wildman–Crippen LogP) is 1.11. The molecule has 1 amide bonds. The molecule has 18 heavy (non-hydrogen) atoms. The molecule has 5 heteroatoms. The van der Waals surface area contributed by atoms with Crippen molar-refractivity contribution in [3.05, 3.63) is 0 Å². The summed E-state index contributed by atoms with van der Waals surface area (Å²) < 4.78 is 10.5. The van der Waals surface area contributed by atoms with Crippen molar-refractivity contribution in [3.63, 3.8) is 0 Å². The van der Waals surface area contributed by atoms with E-state index in [1.54, 1.807) is 11.8 Å². The molecule has 0 aromatic heterocycles. The van der Waals surface area contributed by atoms with Crippen LogP contribution in [0.1, 0.15) is 39.0 Å². The Kier molecular flexibility index (Phi) is 4.58. The van der Waals surface area contributed by atoms with Crippen molar-refractivity contribution in [2.24, 2.45) is 0 Å². The van der Waals surface area contributed by atoms with Gasteiger partial charge in [0.05, 0.1) is 19.1 Å². The van der Waals surface area contributed by atoms with Gasteiger partial charge in [0, 0.05) is 13.2 Å². The monoisotopic (exact) mass is 255 g/mol. The third-order valence-corrected chi connectivity index (χ3v) is 3.56. The molecule has 0 aromatic carbocycles. The van der Waals surface area contributed by atoms with Gasteiger partial charge in [0.2, 0.25) is 5.91 Å². The molecule has 0 aromatic rings. The van der Waals surface area contributed by atoms with E-state index in [-0.39, 0.29) is 24.0 Å². The van der Waals surface area contributed by atoms with Gasteiger partial charge < -0.3 is 14.4 Å². The summed E-state index contributed by atoms with van der Waals surface area (Å²) in [5, 5.41) is 0. The van der Waals surface area contributed by atoms with E-state index in [0.29, 0.717) is 19.6 Å². The summed E-state index contributed by atoms with van der Waals surface area (Å²) in [7, 11) is 0. The Bertz CT molecular complexity index is 312. The fraction of sp³-hybridized carbons (Fsp3) is 0.846. The van der Waals surface area contributed by atoms with Gasteiger partial charge >= 0.3 is 5.97 Å². The minimum Gasteiger partial charge on any atom is -0.464 e. The highest BCUT2D eigenvalue weighted by Crippen LogP contribution is 2.22. The number of hydrogen-bond acceptors (Lipinski definition) is 4. The van der Waals surface area contributed by atoms with Crippen molar-refractivity contribution in [3.8, 4) is 0 Å². The molecule has 5 nitrogen and oxygen atoms in total. The lowest BCUT2D eigenvalue weighted by Crippen LogP contribution is -2.42. The third kappa shape index (κ3) is 3.02. The highest BCUT2D eigenvalue weighted by atomic mass is 16.5. The highest BCUT2D eigenvalue weighted by molar-refractivity contribution is 5.85. The fourth-order valence-electron chi connectivity index (χ4n) is 2.67. The first-order chi connectivity index (χ1) is 8.72. The summed E-state index contributed by atoms with van der Waals surface area (Å²) in [5.41, 5.74) is 0. The van der Waals surface area contributed by atoms with Crippen LogP contribution in [0, 0.1) is 0 Å². The molecule has 2 unspecified atom stereocenters. The Hall–Kier alpha value is -1.10. The van der Waals surface area contributed by atoms with E-state index in [0.717, 1.165) is 32.3 Å². The van der Waals surface area contributed by atoms with Crippen molar-refractivity contribution < 1.29 is 19.1 Å². The molecule has 2 aliphatic rings. The van der Waals surface area contributed by atoms with Crippen LogP contribution in [0.5, 0.6) is 0 Å². The Morgan fingerprint density at radius 2 is 2.17 bits per heavy atom. The average Bonchev–Trinajstić information content (AvgIpc) is 2.99. The number of rotatable bonds is 4. The molecular weight excluding hydrogens is 234 g/mol. The van der Waals surface area contributed by atoms with Crippen LogP contribution >= 0.6 is 0 Å². The number of amides is 1. The standard InChI is InChI=1S/C13H21NO4/c1-2-17-13(16)11-6-3-7-14(11)12(15)9-10-5-4-8-18-10/h10-11H,2-9H2,1H3. The first-order valence-electron chi connectivity index (χ1n) is 6.80. The first kappa shape index (κ1) is 13.3. The zero-order valence-corrected chi connectivity index (χ0v) is 10.9. The van der Waals surface area contributed by atoms with Crippen molar-refractivity contribution in [2.45, 2.75) is 51.2 Å². The number of hydrogen-bond donors (Lipinski definition) is 0. The quantitative estimate of drug-likeness (QED) is 0.706. The number of esters is 1. The van der Waals surface area contributed by atoms with Crippen LogP contribution in [0.2, 0.25) is 0 Å². The zero-order valence-electron chi connectivity index (χ0n) is 10.9. The van der Waals surface area contributed by atoms with Gasteiger partial charge in [-0.25, -0.2) is 4.79 Å². The molecule has 0 N–H and O–H groups in total. The van der Waals surface area contributed by atoms with Crippen LogP contribution in [-0.4, -0.2) is 48.7 Å². The molecular formula is C13H21NO4. The van der Waals surface area contributed by atoms with Gasteiger partial charge in [0.25, 0.3) is 0 Å². The van der Waals surface area contributed by atoms with Gasteiger partial charge in [-0.15, -0.1) is 0 Å². The van der Waals surface area contributed by atoms with Crippen LogP contribution < -0.4 is 0 Å². The van der Waals surface area contributed by atoms with Crippen LogP contribution in [0.3, 0.4) is 0 Å². The van der Waals surface area contributed by atoms with Crippen molar-refractivity contribution in [1.82, 2.24) is 4.90 Å². The molecule has 2 fully saturated rings. The smallest absolute Gasteiger partial charge is 0.328 e. The maximum atomic E-state index is 12.2. The minimum atomic E-state index is -0.376. The van der Waals surface area contributed by atoms with E-state index in [9.17, 15) is 9.59 Å². The highest BCUT2D eigenvalue weighted by Gasteiger charge is 2.36. The van der Waals surface area contributed by atoms with Crippen LogP contribution in [0.25, 0.3) is 0 Å². The van der Waals surface area contributed by atoms with Gasteiger partial charge in [-0.3, -0.25) is 4.79 Å². The van der Waals surface area contributed by atoms with Gasteiger partial charge in [0.15, 0.2) is 0 Å². The topological polar surface area (TPSA) is 55.8 Å². The minimum absolute atomic E-state index is 0.0254. The fourth-order valence-corrected chi connectivity index (χ4v) is 2.67. The second-order valence-corrected chi connectivity index (χ2v) is 4.84.